The summed E-state index contributed by atoms with van der Waals surface area (Å²) in [5.74, 6) is -0.918. The molecule has 0 N–H and O–H groups in total. The highest BCUT2D eigenvalue weighted by molar-refractivity contribution is 5.71. The van der Waals surface area contributed by atoms with Gasteiger partial charge in [0, 0.05) is 19.3 Å². The van der Waals surface area contributed by atoms with Gasteiger partial charge in [0.05, 0.1) is 0 Å². The number of hydrogen-bond donors (Lipinski definition) is 0. The van der Waals surface area contributed by atoms with E-state index in [1.54, 1.807) is 0 Å². The normalized spacial score (nSPS) is 12.5. The van der Waals surface area contributed by atoms with E-state index < -0.39 is 6.10 Å². The standard InChI is InChI=1S/C53H92O6/c1-4-7-10-13-16-19-21-23-25-26-28-29-31-34-37-40-43-46-52(55)58-49-50(48-57-51(54)45-42-39-36-33-18-15-12-9-6-3)59-53(56)47-44-41-38-35-32-30-27-24-22-20-17-14-11-8-5-2/h7,10,16,19,23-25,27-29,50H,4-6,8-9,11-15,17-18,20-22,26,30-49H2,1-3H3/b10-7-,19-16-,25-23-,27-24-,29-28-. The van der Waals surface area contributed by atoms with Crippen LogP contribution in [0.2, 0.25) is 0 Å². The van der Waals surface area contributed by atoms with Gasteiger partial charge >= 0.3 is 17.9 Å². The molecule has 0 rings (SSSR count). The lowest BCUT2D eigenvalue weighted by Gasteiger charge is -2.18. The molecule has 0 aromatic heterocycles. The van der Waals surface area contributed by atoms with Crippen molar-refractivity contribution in [2.24, 2.45) is 0 Å². The summed E-state index contributed by atoms with van der Waals surface area (Å²) in [6.07, 6.45) is 57.7. The monoisotopic (exact) mass is 825 g/mol. The van der Waals surface area contributed by atoms with E-state index in [1.165, 1.54) is 89.9 Å². The van der Waals surface area contributed by atoms with Crippen LogP contribution in [-0.4, -0.2) is 37.2 Å². The van der Waals surface area contributed by atoms with Crippen LogP contribution in [0.3, 0.4) is 0 Å². The smallest absolute Gasteiger partial charge is 0.306 e. The first-order chi connectivity index (χ1) is 29.0. The van der Waals surface area contributed by atoms with Gasteiger partial charge in [0.25, 0.3) is 0 Å². The van der Waals surface area contributed by atoms with Crippen LogP contribution in [0.25, 0.3) is 0 Å². The first-order valence-corrected chi connectivity index (χ1v) is 24.8. The number of allylic oxidation sites excluding steroid dienone is 10. The molecule has 0 saturated heterocycles. The molecule has 0 heterocycles. The molecule has 6 nitrogen and oxygen atoms in total. The summed E-state index contributed by atoms with van der Waals surface area (Å²) in [6.45, 7) is 6.47. The summed E-state index contributed by atoms with van der Waals surface area (Å²) in [4.78, 5) is 37.8. The lowest BCUT2D eigenvalue weighted by molar-refractivity contribution is -0.167. The van der Waals surface area contributed by atoms with E-state index in [1.807, 2.05) is 0 Å². The Morgan fingerprint density at radius 1 is 0.356 bits per heavy atom. The van der Waals surface area contributed by atoms with Crippen LogP contribution >= 0.6 is 0 Å². The van der Waals surface area contributed by atoms with Gasteiger partial charge < -0.3 is 14.2 Å². The Labute approximate surface area is 364 Å². The van der Waals surface area contributed by atoms with E-state index in [0.29, 0.717) is 19.3 Å². The number of carbonyl (C=O) groups is 3. The maximum atomic E-state index is 12.8. The first kappa shape index (κ1) is 56.1. The zero-order valence-electron chi connectivity index (χ0n) is 38.8. The highest BCUT2D eigenvalue weighted by Crippen LogP contribution is 2.14. The van der Waals surface area contributed by atoms with Crippen LogP contribution in [0.15, 0.2) is 60.8 Å². The molecular formula is C53H92O6. The first-order valence-electron chi connectivity index (χ1n) is 24.8. The summed E-state index contributed by atoms with van der Waals surface area (Å²) >= 11 is 0. The van der Waals surface area contributed by atoms with Crippen molar-refractivity contribution in [1.29, 1.82) is 0 Å². The van der Waals surface area contributed by atoms with Crippen LogP contribution < -0.4 is 0 Å². The fraction of sp³-hybridized carbons (Fsp3) is 0.755. The Hall–Kier alpha value is -2.89. The average Bonchev–Trinajstić information content (AvgIpc) is 3.23. The third kappa shape index (κ3) is 46.0. The van der Waals surface area contributed by atoms with Gasteiger partial charge in [-0.05, 0) is 83.5 Å². The third-order valence-corrected chi connectivity index (χ3v) is 10.5. The highest BCUT2D eigenvalue weighted by atomic mass is 16.6. The predicted octanol–water partition coefficient (Wildman–Crippen LogP) is 16.1. The Morgan fingerprint density at radius 3 is 1.05 bits per heavy atom. The molecule has 0 fully saturated rings. The van der Waals surface area contributed by atoms with Gasteiger partial charge in [-0.1, -0.05) is 197 Å². The molecule has 6 heteroatoms. The second-order valence-electron chi connectivity index (χ2n) is 16.3. The Balaban J connectivity index is 4.39. The van der Waals surface area contributed by atoms with Crippen molar-refractivity contribution in [2.45, 2.75) is 245 Å². The fourth-order valence-electron chi connectivity index (χ4n) is 6.78. The molecule has 0 bridgehead atoms. The Kier molecular flexibility index (Phi) is 45.4. The van der Waals surface area contributed by atoms with Crippen LogP contribution in [0.5, 0.6) is 0 Å². The van der Waals surface area contributed by atoms with E-state index in [9.17, 15) is 14.4 Å². The topological polar surface area (TPSA) is 78.9 Å². The Morgan fingerprint density at radius 2 is 0.661 bits per heavy atom. The van der Waals surface area contributed by atoms with Crippen molar-refractivity contribution in [3.63, 3.8) is 0 Å². The minimum Gasteiger partial charge on any atom is -0.462 e. The molecule has 1 unspecified atom stereocenters. The Bertz CT molecular complexity index is 1090. The van der Waals surface area contributed by atoms with Crippen molar-refractivity contribution >= 4 is 17.9 Å². The summed E-state index contributed by atoms with van der Waals surface area (Å²) < 4.78 is 16.7. The predicted molar refractivity (Wildman–Crippen MR) is 251 cm³/mol. The molecule has 0 aromatic carbocycles. The van der Waals surface area contributed by atoms with E-state index in [4.69, 9.17) is 14.2 Å². The number of ether oxygens (including phenoxy) is 3. The minimum absolute atomic E-state index is 0.0844. The van der Waals surface area contributed by atoms with Crippen molar-refractivity contribution in [2.75, 3.05) is 13.2 Å². The molecule has 0 amide bonds. The number of carbonyl (C=O) groups excluding carboxylic acids is 3. The summed E-state index contributed by atoms with van der Waals surface area (Å²) in [5.41, 5.74) is 0. The highest BCUT2D eigenvalue weighted by Gasteiger charge is 2.19. The maximum absolute atomic E-state index is 12.8. The lowest BCUT2D eigenvalue weighted by atomic mass is 10.1. The number of unbranched alkanes of at least 4 members (excludes halogenated alkanes) is 23. The van der Waals surface area contributed by atoms with Gasteiger partial charge in [0.2, 0.25) is 0 Å². The minimum atomic E-state index is -0.785. The second kappa shape index (κ2) is 47.8. The van der Waals surface area contributed by atoms with Crippen LogP contribution in [-0.2, 0) is 28.6 Å². The van der Waals surface area contributed by atoms with E-state index in [0.717, 1.165) is 109 Å². The molecule has 59 heavy (non-hydrogen) atoms. The van der Waals surface area contributed by atoms with Gasteiger partial charge in [-0.25, -0.2) is 0 Å². The summed E-state index contributed by atoms with van der Waals surface area (Å²) in [5, 5.41) is 0. The fourth-order valence-corrected chi connectivity index (χ4v) is 6.78. The summed E-state index contributed by atoms with van der Waals surface area (Å²) in [7, 11) is 0. The molecule has 0 aliphatic carbocycles. The number of esters is 3. The van der Waals surface area contributed by atoms with Gasteiger partial charge in [0.15, 0.2) is 6.10 Å². The van der Waals surface area contributed by atoms with E-state index in [-0.39, 0.29) is 31.1 Å². The van der Waals surface area contributed by atoms with E-state index in [2.05, 4.69) is 81.5 Å². The van der Waals surface area contributed by atoms with Crippen molar-refractivity contribution in [3.05, 3.63) is 60.8 Å². The molecular weight excluding hydrogens is 733 g/mol. The molecule has 1 atom stereocenters. The molecule has 0 aromatic rings. The third-order valence-electron chi connectivity index (χ3n) is 10.5. The lowest BCUT2D eigenvalue weighted by Crippen LogP contribution is -2.30. The maximum Gasteiger partial charge on any atom is 0.306 e. The van der Waals surface area contributed by atoms with E-state index >= 15 is 0 Å². The van der Waals surface area contributed by atoms with Crippen molar-refractivity contribution in [3.8, 4) is 0 Å². The number of rotatable bonds is 44. The van der Waals surface area contributed by atoms with Crippen molar-refractivity contribution in [1.82, 2.24) is 0 Å². The SMILES string of the molecule is CC/C=C\C/C=C\C/C=C\C/C=C\CCCCCCC(=O)OCC(COC(=O)CCCCCCCCCCC)OC(=O)CCCCCCC/C=C\CCCCCCCC. The number of hydrogen-bond acceptors (Lipinski definition) is 6. The molecule has 0 aliphatic rings. The molecule has 0 radical (unpaired) electrons. The van der Waals surface area contributed by atoms with Gasteiger partial charge in [-0.15, -0.1) is 0 Å². The van der Waals surface area contributed by atoms with Crippen LogP contribution in [0.1, 0.15) is 239 Å². The van der Waals surface area contributed by atoms with Crippen molar-refractivity contribution < 1.29 is 28.6 Å². The van der Waals surface area contributed by atoms with Gasteiger partial charge in [0.1, 0.15) is 13.2 Å². The second-order valence-corrected chi connectivity index (χ2v) is 16.3. The zero-order valence-corrected chi connectivity index (χ0v) is 38.8. The molecule has 0 saturated carbocycles. The van der Waals surface area contributed by atoms with Gasteiger partial charge in [-0.3, -0.25) is 14.4 Å². The molecule has 0 aliphatic heterocycles. The van der Waals surface area contributed by atoms with Crippen LogP contribution in [0, 0.1) is 0 Å². The molecule has 340 valence electrons. The summed E-state index contributed by atoms with van der Waals surface area (Å²) in [6, 6.07) is 0. The van der Waals surface area contributed by atoms with Crippen LogP contribution in [0.4, 0.5) is 0 Å². The quantitative estimate of drug-likeness (QED) is 0.0263. The molecule has 0 spiro atoms. The largest absolute Gasteiger partial charge is 0.462 e. The average molecular weight is 825 g/mol. The zero-order chi connectivity index (χ0) is 43.0. The van der Waals surface area contributed by atoms with Gasteiger partial charge in [-0.2, -0.15) is 0 Å².